The van der Waals surface area contributed by atoms with Crippen molar-refractivity contribution < 1.29 is 19.7 Å². The molecule has 4 nitrogen and oxygen atoms in total. The Balaban J connectivity index is 2.59. The minimum absolute atomic E-state index is 0.554. The Morgan fingerprint density at radius 3 is 1.36 bits per heavy atom. The van der Waals surface area contributed by atoms with Crippen LogP contribution < -0.4 is 9.47 Å². The molecule has 0 saturated heterocycles. The number of hydrogen-bond donors (Lipinski definition) is 2. The molecule has 14 heavy (non-hydrogen) atoms. The highest BCUT2D eigenvalue weighted by atomic mass is 16.6. The van der Waals surface area contributed by atoms with Gasteiger partial charge < -0.3 is 19.7 Å². The number of aliphatic hydroxyl groups is 2. The first-order valence-corrected chi connectivity index (χ1v) is 4.37. The summed E-state index contributed by atoms with van der Waals surface area (Å²) in [7, 11) is 0. The van der Waals surface area contributed by atoms with Gasteiger partial charge in [0.05, 0.1) is 0 Å². The van der Waals surface area contributed by atoms with E-state index in [1.807, 2.05) is 0 Å². The molecule has 0 heterocycles. The van der Waals surface area contributed by atoms with Crippen molar-refractivity contribution in [3.63, 3.8) is 0 Å². The zero-order valence-electron chi connectivity index (χ0n) is 8.18. The standard InChI is InChI=1S/C10H14O4/c1-7(11)13-9-3-5-10(6-4-9)14-8(2)12/h3-8,11-12H,1-2H3/t7-,8-/m0/s1. The SMILES string of the molecule is C[C@@H](O)Oc1ccc(O[C@@H](C)O)cc1. The lowest BCUT2D eigenvalue weighted by Gasteiger charge is -2.11. The molecule has 2 N–H and O–H groups in total. The molecule has 1 aromatic rings. The molecule has 0 aliphatic carbocycles. The third kappa shape index (κ3) is 3.64. The second-order valence-electron chi connectivity index (χ2n) is 2.91. The topological polar surface area (TPSA) is 58.9 Å². The molecule has 2 atom stereocenters. The van der Waals surface area contributed by atoms with Crippen LogP contribution in [-0.4, -0.2) is 22.8 Å². The zero-order chi connectivity index (χ0) is 10.6. The summed E-state index contributed by atoms with van der Waals surface area (Å²) in [6.07, 6.45) is -1.67. The summed E-state index contributed by atoms with van der Waals surface area (Å²) in [5.74, 6) is 1.11. The molecular weight excluding hydrogens is 184 g/mol. The van der Waals surface area contributed by atoms with Crippen molar-refractivity contribution in [1.82, 2.24) is 0 Å². The Hall–Kier alpha value is -1.26. The number of hydrogen-bond acceptors (Lipinski definition) is 4. The molecule has 0 amide bonds. The number of ether oxygens (including phenoxy) is 2. The number of benzene rings is 1. The van der Waals surface area contributed by atoms with Crippen LogP contribution in [0.2, 0.25) is 0 Å². The lowest BCUT2D eigenvalue weighted by atomic mass is 10.3. The van der Waals surface area contributed by atoms with Crippen LogP contribution in [0, 0.1) is 0 Å². The van der Waals surface area contributed by atoms with E-state index in [0.29, 0.717) is 11.5 Å². The summed E-state index contributed by atoms with van der Waals surface area (Å²) in [5, 5.41) is 17.9. The van der Waals surface area contributed by atoms with E-state index in [4.69, 9.17) is 19.7 Å². The van der Waals surface area contributed by atoms with Crippen molar-refractivity contribution in [3.8, 4) is 11.5 Å². The Kier molecular flexibility index (Phi) is 3.73. The van der Waals surface area contributed by atoms with Gasteiger partial charge in [-0.05, 0) is 38.1 Å². The second kappa shape index (κ2) is 4.83. The molecule has 0 unspecified atom stereocenters. The summed E-state index contributed by atoms with van der Waals surface area (Å²) >= 11 is 0. The van der Waals surface area contributed by atoms with E-state index in [9.17, 15) is 0 Å². The van der Waals surface area contributed by atoms with Gasteiger partial charge >= 0.3 is 0 Å². The highest BCUT2D eigenvalue weighted by Crippen LogP contribution is 2.18. The van der Waals surface area contributed by atoms with Gasteiger partial charge in [-0.2, -0.15) is 0 Å². The highest BCUT2D eigenvalue weighted by Gasteiger charge is 2.01. The molecule has 78 valence electrons. The van der Waals surface area contributed by atoms with Crippen molar-refractivity contribution in [1.29, 1.82) is 0 Å². The van der Waals surface area contributed by atoms with Crippen LogP contribution in [-0.2, 0) is 0 Å². The fourth-order valence-electron chi connectivity index (χ4n) is 0.991. The minimum atomic E-state index is -0.835. The molecule has 0 saturated carbocycles. The molecule has 0 bridgehead atoms. The largest absolute Gasteiger partial charge is 0.465 e. The summed E-state index contributed by atoms with van der Waals surface area (Å²) in [6.45, 7) is 3.06. The van der Waals surface area contributed by atoms with E-state index < -0.39 is 12.6 Å². The van der Waals surface area contributed by atoms with Gasteiger partial charge in [-0.25, -0.2) is 0 Å². The van der Waals surface area contributed by atoms with Crippen LogP contribution in [0.15, 0.2) is 24.3 Å². The maximum Gasteiger partial charge on any atom is 0.194 e. The van der Waals surface area contributed by atoms with Crippen LogP contribution in [0.3, 0.4) is 0 Å². The van der Waals surface area contributed by atoms with Crippen molar-refractivity contribution in [2.45, 2.75) is 26.4 Å². The Labute approximate surface area is 82.7 Å². The van der Waals surface area contributed by atoms with Gasteiger partial charge in [-0.3, -0.25) is 0 Å². The Bertz CT molecular complexity index is 237. The molecular formula is C10H14O4. The molecule has 1 aromatic carbocycles. The predicted octanol–water partition coefficient (Wildman–Crippen LogP) is 1.12. The van der Waals surface area contributed by atoms with Crippen LogP contribution in [0.25, 0.3) is 0 Å². The first-order chi connectivity index (χ1) is 6.58. The van der Waals surface area contributed by atoms with E-state index in [0.717, 1.165) is 0 Å². The van der Waals surface area contributed by atoms with Crippen molar-refractivity contribution >= 4 is 0 Å². The van der Waals surface area contributed by atoms with Crippen LogP contribution in [0.1, 0.15) is 13.8 Å². The average molecular weight is 198 g/mol. The summed E-state index contributed by atoms with van der Waals surface area (Å²) in [5.41, 5.74) is 0. The Morgan fingerprint density at radius 2 is 1.14 bits per heavy atom. The second-order valence-corrected chi connectivity index (χ2v) is 2.91. The number of rotatable bonds is 4. The molecule has 0 aliphatic heterocycles. The first-order valence-electron chi connectivity index (χ1n) is 4.37. The van der Waals surface area contributed by atoms with Gasteiger partial charge in [0.15, 0.2) is 12.6 Å². The Morgan fingerprint density at radius 1 is 0.857 bits per heavy atom. The summed E-state index contributed by atoms with van der Waals surface area (Å²) in [4.78, 5) is 0. The van der Waals surface area contributed by atoms with Gasteiger partial charge in [-0.1, -0.05) is 0 Å². The van der Waals surface area contributed by atoms with Gasteiger partial charge in [0.1, 0.15) is 11.5 Å². The molecule has 4 heteroatoms. The third-order valence-electron chi connectivity index (χ3n) is 1.44. The monoisotopic (exact) mass is 198 g/mol. The highest BCUT2D eigenvalue weighted by molar-refractivity contribution is 5.31. The van der Waals surface area contributed by atoms with Crippen LogP contribution in [0.4, 0.5) is 0 Å². The van der Waals surface area contributed by atoms with Crippen molar-refractivity contribution in [2.24, 2.45) is 0 Å². The van der Waals surface area contributed by atoms with Crippen LogP contribution >= 0.6 is 0 Å². The third-order valence-corrected chi connectivity index (χ3v) is 1.44. The van der Waals surface area contributed by atoms with Crippen molar-refractivity contribution in [2.75, 3.05) is 0 Å². The smallest absolute Gasteiger partial charge is 0.194 e. The lowest BCUT2D eigenvalue weighted by molar-refractivity contribution is -0.00360. The fraction of sp³-hybridized carbons (Fsp3) is 0.400. The van der Waals surface area contributed by atoms with Gasteiger partial charge in [0, 0.05) is 0 Å². The number of aliphatic hydroxyl groups excluding tert-OH is 2. The minimum Gasteiger partial charge on any atom is -0.465 e. The molecule has 0 radical (unpaired) electrons. The molecule has 0 aliphatic rings. The van der Waals surface area contributed by atoms with Gasteiger partial charge in [0.25, 0.3) is 0 Å². The van der Waals surface area contributed by atoms with E-state index in [-0.39, 0.29) is 0 Å². The van der Waals surface area contributed by atoms with E-state index in [2.05, 4.69) is 0 Å². The van der Waals surface area contributed by atoms with Crippen molar-refractivity contribution in [3.05, 3.63) is 24.3 Å². The van der Waals surface area contributed by atoms with E-state index in [1.165, 1.54) is 13.8 Å². The van der Waals surface area contributed by atoms with E-state index >= 15 is 0 Å². The molecule has 0 aromatic heterocycles. The first kappa shape index (κ1) is 10.8. The maximum absolute atomic E-state index is 8.93. The quantitative estimate of drug-likeness (QED) is 0.712. The van der Waals surface area contributed by atoms with E-state index in [1.54, 1.807) is 24.3 Å². The van der Waals surface area contributed by atoms with Crippen LogP contribution in [0.5, 0.6) is 11.5 Å². The zero-order valence-corrected chi connectivity index (χ0v) is 8.18. The normalized spacial score (nSPS) is 14.6. The lowest BCUT2D eigenvalue weighted by Crippen LogP contribution is -2.10. The van der Waals surface area contributed by atoms with Gasteiger partial charge in [-0.15, -0.1) is 0 Å². The van der Waals surface area contributed by atoms with Gasteiger partial charge in [0.2, 0.25) is 0 Å². The molecule has 0 spiro atoms. The predicted molar refractivity (Wildman–Crippen MR) is 51.1 cm³/mol. The molecule has 0 fully saturated rings. The maximum atomic E-state index is 8.93. The summed E-state index contributed by atoms with van der Waals surface area (Å²) in [6, 6.07) is 6.63. The fourth-order valence-corrected chi connectivity index (χ4v) is 0.991. The molecule has 1 rings (SSSR count). The average Bonchev–Trinajstić information content (AvgIpc) is 2.06. The summed E-state index contributed by atoms with van der Waals surface area (Å²) < 4.78 is 10.0.